The first kappa shape index (κ1) is 18.9. The Morgan fingerprint density at radius 2 is 1.96 bits per heavy atom. The van der Waals surface area contributed by atoms with E-state index in [0.29, 0.717) is 30.5 Å². The van der Waals surface area contributed by atoms with Crippen molar-refractivity contribution in [3.8, 4) is 0 Å². The zero-order valence-electron chi connectivity index (χ0n) is 14.2. The summed E-state index contributed by atoms with van der Waals surface area (Å²) >= 11 is 1.38. The topological polar surface area (TPSA) is 72.6 Å². The van der Waals surface area contributed by atoms with Crippen LogP contribution in [-0.4, -0.2) is 45.1 Å². The number of hydrogen-bond acceptors (Lipinski definition) is 5. The smallest absolute Gasteiger partial charge is 0.252 e. The molecule has 1 saturated heterocycles. The maximum atomic E-state index is 12.8. The summed E-state index contributed by atoms with van der Waals surface area (Å²) in [5, 5.41) is 0. The predicted molar refractivity (Wildman–Crippen MR) is 94.4 cm³/mol. The fourth-order valence-corrected chi connectivity index (χ4v) is 5.55. The van der Waals surface area contributed by atoms with Gasteiger partial charge in [-0.3, -0.25) is 0 Å². The number of nitrogens with two attached hydrogens (primary N) is 1. The van der Waals surface area contributed by atoms with Crippen LogP contribution in [-0.2, 0) is 20.2 Å². The molecule has 1 aliphatic rings. The van der Waals surface area contributed by atoms with Crippen LogP contribution in [0.25, 0.3) is 0 Å². The van der Waals surface area contributed by atoms with E-state index in [-0.39, 0.29) is 11.5 Å². The molecule has 1 aliphatic heterocycles. The molecule has 0 spiro atoms. The predicted octanol–water partition coefficient (Wildman–Crippen LogP) is 2.56. The Morgan fingerprint density at radius 1 is 1.30 bits per heavy atom. The van der Waals surface area contributed by atoms with Crippen LogP contribution in [0.15, 0.2) is 16.3 Å². The van der Waals surface area contributed by atoms with Gasteiger partial charge in [0.15, 0.2) is 0 Å². The summed E-state index contributed by atoms with van der Waals surface area (Å²) in [5.41, 5.74) is 5.43. The maximum absolute atomic E-state index is 12.8. The van der Waals surface area contributed by atoms with Crippen molar-refractivity contribution in [1.29, 1.82) is 0 Å². The van der Waals surface area contributed by atoms with Gasteiger partial charge in [0.25, 0.3) is 10.0 Å². The quantitative estimate of drug-likeness (QED) is 0.791. The van der Waals surface area contributed by atoms with Gasteiger partial charge in [0.1, 0.15) is 4.21 Å². The molecule has 1 aromatic heterocycles. The second-order valence-corrected chi connectivity index (χ2v) is 10.2. The van der Waals surface area contributed by atoms with Gasteiger partial charge in [-0.1, -0.05) is 20.8 Å². The molecule has 0 atom stereocenters. The molecule has 2 rings (SSSR count). The zero-order chi connectivity index (χ0) is 17.1. The number of sulfonamides is 1. The number of thiophene rings is 1. The fourth-order valence-electron chi connectivity index (χ4n) is 2.56. The van der Waals surface area contributed by atoms with Crippen molar-refractivity contribution in [2.24, 2.45) is 5.73 Å². The molecule has 0 bridgehead atoms. The number of piperidine rings is 1. The normalized spacial score (nSPS) is 18.4. The largest absolute Gasteiger partial charge is 0.378 e. The van der Waals surface area contributed by atoms with Gasteiger partial charge in [-0.2, -0.15) is 4.31 Å². The van der Waals surface area contributed by atoms with Gasteiger partial charge in [-0.25, -0.2) is 8.42 Å². The molecule has 1 aromatic rings. The van der Waals surface area contributed by atoms with Crippen molar-refractivity contribution in [2.45, 2.75) is 55.8 Å². The standard InChI is InChI=1S/C16H28N2O3S2/c1-16(2,3)14-5-6-15(22-14)23(19,20)18-10-7-13(8-11-18)21-12-4-9-17/h5-6,13H,4,7-12,17H2,1-3H3. The molecule has 5 nitrogen and oxygen atoms in total. The Morgan fingerprint density at radius 3 is 2.48 bits per heavy atom. The number of rotatable bonds is 6. The number of hydrogen-bond donors (Lipinski definition) is 1. The van der Waals surface area contributed by atoms with Gasteiger partial charge in [0, 0.05) is 24.6 Å². The second-order valence-electron chi connectivity index (χ2n) is 6.99. The minimum absolute atomic E-state index is 0.0255. The summed E-state index contributed by atoms with van der Waals surface area (Å²) < 4.78 is 33.3. The van der Waals surface area contributed by atoms with Crippen LogP contribution in [0.5, 0.6) is 0 Å². The molecule has 2 N–H and O–H groups in total. The van der Waals surface area contributed by atoms with E-state index < -0.39 is 10.0 Å². The Kier molecular flexibility index (Phi) is 6.24. The molecule has 0 aromatic carbocycles. The van der Waals surface area contributed by atoms with E-state index >= 15 is 0 Å². The molecule has 0 aliphatic carbocycles. The van der Waals surface area contributed by atoms with Crippen molar-refractivity contribution in [3.05, 3.63) is 17.0 Å². The third kappa shape index (κ3) is 4.76. The van der Waals surface area contributed by atoms with E-state index in [1.807, 2.05) is 6.07 Å². The van der Waals surface area contributed by atoms with E-state index in [1.54, 1.807) is 10.4 Å². The first-order chi connectivity index (χ1) is 10.7. The Bertz CT molecular complexity index is 597. The van der Waals surface area contributed by atoms with Crippen molar-refractivity contribution in [3.63, 3.8) is 0 Å². The molecule has 0 radical (unpaired) electrons. The van der Waals surface area contributed by atoms with Crippen molar-refractivity contribution in [1.82, 2.24) is 4.31 Å². The highest BCUT2D eigenvalue weighted by atomic mass is 32.2. The summed E-state index contributed by atoms with van der Waals surface area (Å²) in [7, 11) is -3.37. The van der Waals surface area contributed by atoms with Crippen LogP contribution in [0.1, 0.15) is 44.9 Å². The van der Waals surface area contributed by atoms with E-state index in [9.17, 15) is 8.42 Å². The highest BCUT2D eigenvalue weighted by Gasteiger charge is 2.31. The minimum atomic E-state index is -3.37. The van der Waals surface area contributed by atoms with E-state index in [0.717, 1.165) is 24.1 Å². The zero-order valence-corrected chi connectivity index (χ0v) is 15.9. The van der Waals surface area contributed by atoms with Gasteiger partial charge in [0.05, 0.1) is 6.10 Å². The molecule has 1 fully saturated rings. The van der Waals surface area contributed by atoms with E-state index in [1.165, 1.54) is 11.3 Å². The molecule has 23 heavy (non-hydrogen) atoms. The molecule has 0 unspecified atom stereocenters. The summed E-state index contributed by atoms with van der Waals surface area (Å²) in [5.74, 6) is 0. The van der Waals surface area contributed by atoms with Gasteiger partial charge in [-0.15, -0.1) is 11.3 Å². The molecular weight excluding hydrogens is 332 g/mol. The van der Waals surface area contributed by atoms with Gasteiger partial charge >= 0.3 is 0 Å². The lowest BCUT2D eigenvalue weighted by Crippen LogP contribution is -2.40. The maximum Gasteiger partial charge on any atom is 0.252 e. The lowest BCUT2D eigenvalue weighted by atomic mass is 9.95. The highest BCUT2D eigenvalue weighted by molar-refractivity contribution is 7.91. The molecule has 0 saturated carbocycles. The fraction of sp³-hybridized carbons (Fsp3) is 0.750. The van der Waals surface area contributed by atoms with Crippen LogP contribution in [0, 0.1) is 0 Å². The van der Waals surface area contributed by atoms with E-state index in [2.05, 4.69) is 20.8 Å². The number of nitrogens with zero attached hydrogens (tertiary/aromatic N) is 1. The molecule has 2 heterocycles. The average Bonchev–Trinajstić information content (AvgIpc) is 2.99. The summed E-state index contributed by atoms with van der Waals surface area (Å²) in [4.78, 5) is 1.09. The van der Waals surface area contributed by atoms with Crippen LogP contribution in [0.4, 0.5) is 0 Å². The molecule has 132 valence electrons. The summed E-state index contributed by atoms with van der Waals surface area (Å²) in [6.45, 7) is 8.63. The Labute approximate surface area is 143 Å². The molecule has 7 heteroatoms. The average molecular weight is 361 g/mol. The Hall–Kier alpha value is -0.470. The van der Waals surface area contributed by atoms with Crippen LogP contribution in [0.2, 0.25) is 0 Å². The Balaban J connectivity index is 1.98. The number of ether oxygens (including phenoxy) is 1. The van der Waals surface area contributed by atoms with Crippen LogP contribution in [0.3, 0.4) is 0 Å². The van der Waals surface area contributed by atoms with Gasteiger partial charge in [0.2, 0.25) is 0 Å². The van der Waals surface area contributed by atoms with Gasteiger partial charge < -0.3 is 10.5 Å². The third-order valence-electron chi connectivity index (χ3n) is 4.02. The van der Waals surface area contributed by atoms with Crippen molar-refractivity contribution >= 4 is 21.4 Å². The SMILES string of the molecule is CC(C)(C)c1ccc(S(=O)(=O)N2CCC(OCCCN)CC2)s1. The lowest BCUT2D eigenvalue weighted by Gasteiger charge is -2.30. The molecule has 0 amide bonds. The van der Waals surface area contributed by atoms with Crippen LogP contribution < -0.4 is 5.73 Å². The summed E-state index contributed by atoms with van der Waals surface area (Å²) in [6.07, 6.45) is 2.51. The minimum Gasteiger partial charge on any atom is -0.378 e. The first-order valence-electron chi connectivity index (χ1n) is 8.17. The van der Waals surface area contributed by atoms with Crippen molar-refractivity contribution in [2.75, 3.05) is 26.2 Å². The second kappa shape index (κ2) is 7.61. The van der Waals surface area contributed by atoms with Crippen molar-refractivity contribution < 1.29 is 13.2 Å². The van der Waals surface area contributed by atoms with Gasteiger partial charge in [-0.05, 0) is 43.4 Å². The van der Waals surface area contributed by atoms with Crippen LogP contribution >= 0.6 is 11.3 Å². The van der Waals surface area contributed by atoms with E-state index in [4.69, 9.17) is 10.5 Å². The molecular formula is C16H28N2O3S2. The third-order valence-corrected chi connectivity index (χ3v) is 7.89. The lowest BCUT2D eigenvalue weighted by molar-refractivity contribution is 0.0209. The monoisotopic (exact) mass is 360 g/mol. The highest BCUT2D eigenvalue weighted by Crippen LogP contribution is 2.33. The summed E-state index contributed by atoms with van der Waals surface area (Å²) in [6, 6.07) is 3.67. The first-order valence-corrected chi connectivity index (χ1v) is 10.4.